The molecule has 0 radical (unpaired) electrons. The Labute approximate surface area is 95.6 Å². The molecule has 0 bridgehead atoms. The maximum Gasteiger partial charge on any atom is 0.116 e. The summed E-state index contributed by atoms with van der Waals surface area (Å²) in [7, 11) is 1.60. The van der Waals surface area contributed by atoms with Crippen LogP contribution >= 0.6 is 12.2 Å². The number of hydrogen-bond donors (Lipinski definition) is 1. The second kappa shape index (κ2) is 6.18. The van der Waals surface area contributed by atoms with E-state index in [-0.39, 0.29) is 5.92 Å². The first-order chi connectivity index (χ1) is 7.29. The normalized spacial score (nSPS) is 11.5. The van der Waals surface area contributed by atoms with Crippen LogP contribution in [0, 0.1) is 12.3 Å². The molecule has 0 aliphatic rings. The summed E-state index contributed by atoms with van der Waals surface area (Å²) in [6.45, 7) is 0.379. The molecule has 3 heteroatoms. The number of methoxy groups -OCH3 is 1. The van der Waals surface area contributed by atoms with Crippen LogP contribution in [0.2, 0.25) is 0 Å². The van der Waals surface area contributed by atoms with E-state index in [4.69, 9.17) is 23.4 Å². The van der Waals surface area contributed by atoms with Crippen molar-refractivity contribution in [1.82, 2.24) is 5.32 Å². The first-order valence-corrected chi connectivity index (χ1v) is 4.98. The van der Waals surface area contributed by atoms with Crippen molar-refractivity contribution in [2.24, 2.45) is 0 Å². The topological polar surface area (TPSA) is 21.3 Å². The van der Waals surface area contributed by atoms with Crippen LogP contribution in [0.5, 0.6) is 0 Å². The largest absolute Gasteiger partial charge is 0.365 e. The predicted molar refractivity (Wildman–Crippen MR) is 65.6 cm³/mol. The minimum atomic E-state index is -0.184. The third-order valence-electron chi connectivity index (χ3n) is 1.95. The van der Waals surface area contributed by atoms with Crippen LogP contribution in [-0.4, -0.2) is 18.8 Å². The Morgan fingerprint density at radius 3 is 2.73 bits per heavy atom. The SMILES string of the molecule is C#CC(C(=S)NCOC)c1ccccc1. The summed E-state index contributed by atoms with van der Waals surface area (Å²) in [5, 5.41) is 2.95. The molecule has 1 rings (SSSR count). The third-order valence-corrected chi connectivity index (χ3v) is 2.33. The third kappa shape index (κ3) is 3.35. The lowest BCUT2D eigenvalue weighted by atomic mass is 10.0. The zero-order chi connectivity index (χ0) is 11.1. The van der Waals surface area contributed by atoms with Crippen LogP contribution in [0.15, 0.2) is 30.3 Å². The van der Waals surface area contributed by atoms with E-state index in [1.807, 2.05) is 30.3 Å². The molecule has 0 saturated heterocycles. The molecule has 0 amide bonds. The number of benzene rings is 1. The van der Waals surface area contributed by atoms with Crippen LogP contribution in [0.3, 0.4) is 0 Å². The summed E-state index contributed by atoms with van der Waals surface area (Å²) in [6.07, 6.45) is 5.46. The van der Waals surface area contributed by atoms with Crippen LogP contribution < -0.4 is 5.32 Å². The molecule has 0 spiro atoms. The molecule has 1 unspecified atom stereocenters. The van der Waals surface area contributed by atoms with Crippen LogP contribution in [0.25, 0.3) is 0 Å². The van der Waals surface area contributed by atoms with Gasteiger partial charge < -0.3 is 10.1 Å². The van der Waals surface area contributed by atoms with Gasteiger partial charge in [-0.15, -0.1) is 6.42 Å². The van der Waals surface area contributed by atoms with Crippen molar-refractivity contribution in [3.8, 4) is 12.3 Å². The summed E-state index contributed by atoms with van der Waals surface area (Å²) in [5.41, 5.74) is 1.02. The maximum atomic E-state index is 5.46. The summed E-state index contributed by atoms with van der Waals surface area (Å²) in [5.74, 6) is 2.48. The Hall–Kier alpha value is -1.37. The molecular weight excluding hydrogens is 206 g/mol. The van der Waals surface area contributed by atoms with Crippen molar-refractivity contribution in [3.05, 3.63) is 35.9 Å². The van der Waals surface area contributed by atoms with Crippen molar-refractivity contribution >= 4 is 17.2 Å². The summed E-state index contributed by atoms with van der Waals surface area (Å²) in [4.78, 5) is 0.616. The average molecular weight is 219 g/mol. The van der Waals surface area contributed by atoms with Gasteiger partial charge in [0.2, 0.25) is 0 Å². The van der Waals surface area contributed by atoms with Gasteiger partial charge in [-0.1, -0.05) is 48.5 Å². The lowest BCUT2D eigenvalue weighted by molar-refractivity contribution is 0.192. The van der Waals surface area contributed by atoms with Gasteiger partial charge in [-0.05, 0) is 5.56 Å². The van der Waals surface area contributed by atoms with Gasteiger partial charge in [0, 0.05) is 7.11 Å². The Kier molecular flexibility index (Phi) is 4.82. The van der Waals surface area contributed by atoms with E-state index in [0.717, 1.165) is 5.56 Å². The lowest BCUT2D eigenvalue weighted by Gasteiger charge is -2.13. The highest BCUT2D eigenvalue weighted by atomic mass is 32.1. The van der Waals surface area contributed by atoms with Gasteiger partial charge in [0.1, 0.15) is 6.73 Å². The van der Waals surface area contributed by atoms with Gasteiger partial charge in [-0.3, -0.25) is 0 Å². The molecule has 78 valence electrons. The summed E-state index contributed by atoms with van der Waals surface area (Å²) < 4.78 is 4.88. The summed E-state index contributed by atoms with van der Waals surface area (Å²) >= 11 is 5.19. The monoisotopic (exact) mass is 219 g/mol. The fraction of sp³-hybridized carbons (Fsp3) is 0.250. The summed E-state index contributed by atoms with van der Waals surface area (Å²) in [6, 6.07) is 9.76. The average Bonchev–Trinajstić information content (AvgIpc) is 2.29. The quantitative estimate of drug-likeness (QED) is 0.475. The fourth-order valence-electron chi connectivity index (χ4n) is 1.21. The van der Waals surface area contributed by atoms with E-state index >= 15 is 0 Å². The molecule has 0 saturated carbocycles. The van der Waals surface area contributed by atoms with E-state index < -0.39 is 0 Å². The molecule has 0 aliphatic heterocycles. The van der Waals surface area contributed by atoms with Gasteiger partial charge in [0.05, 0.1) is 10.9 Å². The predicted octanol–water partition coefficient (Wildman–Crippen LogP) is 1.92. The zero-order valence-electron chi connectivity index (χ0n) is 8.57. The standard InChI is InChI=1S/C12H13NOS/c1-3-11(12(15)13-9-14-2)10-7-5-4-6-8-10/h1,4-8,11H,9H2,2H3,(H,13,15). The van der Waals surface area contributed by atoms with Gasteiger partial charge >= 0.3 is 0 Å². The second-order valence-corrected chi connectivity index (χ2v) is 3.42. The van der Waals surface area contributed by atoms with Gasteiger partial charge in [0.25, 0.3) is 0 Å². The van der Waals surface area contributed by atoms with Crippen LogP contribution in [-0.2, 0) is 4.74 Å². The molecule has 1 atom stereocenters. The van der Waals surface area contributed by atoms with Gasteiger partial charge in [0.15, 0.2) is 0 Å². The Balaban J connectivity index is 2.73. The highest BCUT2D eigenvalue weighted by molar-refractivity contribution is 7.80. The molecule has 2 nitrogen and oxygen atoms in total. The number of thiocarbonyl (C=S) groups is 1. The smallest absolute Gasteiger partial charge is 0.116 e. The Morgan fingerprint density at radius 2 is 2.20 bits per heavy atom. The number of hydrogen-bond acceptors (Lipinski definition) is 2. The number of rotatable bonds is 4. The van der Waals surface area contributed by atoms with E-state index in [0.29, 0.717) is 11.7 Å². The van der Waals surface area contributed by atoms with Crippen molar-refractivity contribution in [3.63, 3.8) is 0 Å². The van der Waals surface area contributed by atoms with E-state index in [2.05, 4.69) is 11.2 Å². The van der Waals surface area contributed by atoms with E-state index in [9.17, 15) is 0 Å². The molecule has 0 aromatic heterocycles. The number of ether oxygens (including phenoxy) is 1. The molecule has 0 heterocycles. The van der Waals surface area contributed by atoms with Crippen LogP contribution in [0.4, 0.5) is 0 Å². The minimum absolute atomic E-state index is 0.184. The molecule has 15 heavy (non-hydrogen) atoms. The fourth-order valence-corrected chi connectivity index (χ4v) is 1.48. The van der Waals surface area contributed by atoms with Gasteiger partial charge in [-0.25, -0.2) is 0 Å². The van der Waals surface area contributed by atoms with Crippen LogP contribution in [0.1, 0.15) is 11.5 Å². The molecular formula is C12H13NOS. The van der Waals surface area contributed by atoms with Crippen molar-refractivity contribution < 1.29 is 4.74 Å². The van der Waals surface area contributed by atoms with Crippen molar-refractivity contribution in [1.29, 1.82) is 0 Å². The highest BCUT2D eigenvalue weighted by Crippen LogP contribution is 2.15. The van der Waals surface area contributed by atoms with E-state index in [1.165, 1.54) is 0 Å². The second-order valence-electron chi connectivity index (χ2n) is 2.98. The first kappa shape index (κ1) is 11.7. The Bertz CT molecular complexity index is 356. The molecule has 1 aromatic carbocycles. The van der Waals surface area contributed by atoms with Crippen molar-refractivity contribution in [2.45, 2.75) is 5.92 Å². The molecule has 1 N–H and O–H groups in total. The molecule has 0 fully saturated rings. The lowest BCUT2D eigenvalue weighted by Crippen LogP contribution is -2.28. The molecule has 1 aromatic rings. The molecule has 0 aliphatic carbocycles. The van der Waals surface area contributed by atoms with Crippen molar-refractivity contribution in [2.75, 3.05) is 13.8 Å². The van der Waals surface area contributed by atoms with Gasteiger partial charge in [-0.2, -0.15) is 0 Å². The highest BCUT2D eigenvalue weighted by Gasteiger charge is 2.12. The maximum absolute atomic E-state index is 5.46. The van der Waals surface area contributed by atoms with E-state index in [1.54, 1.807) is 7.11 Å². The first-order valence-electron chi connectivity index (χ1n) is 4.57. The minimum Gasteiger partial charge on any atom is -0.365 e. The number of terminal acetylenes is 1. The Morgan fingerprint density at radius 1 is 1.53 bits per heavy atom. The zero-order valence-corrected chi connectivity index (χ0v) is 9.38. The number of nitrogens with one attached hydrogen (secondary N) is 1.